The molecule has 0 saturated carbocycles. The molecule has 522 valence electrons. The molecule has 2 aromatic heterocycles. The molecule has 8 aromatic rings. The maximum atomic E-state index is 6.63. The second-order valence-electron chi connectivity index (χ2n) is 33.2. The molecule has 21 rings (SSSR count). The lowest BCUT2D eigenvalue weighted by Crippen LogP contribution is -2.35. The Balaban J connectivity index is 0.0000000970. The van der Waals surface area contributed by atoms with E-state index in [1.807, 2.05) is 12.4 Å². The molecule has 13 aliphatic rings. The van der Waals surface area contributed by atoms with E-state index in [-0.39, 0.29) is 22.4 Å². The summed E-state index contributed by atoms with van der Waals surface area (Å²) in [4.78, 5) is 17.8. The topological polar surface area (TPSA) is 70.4 Å². The Hall–Kier alpha value is -6.99. The van der Waals surface area contributed by atoms with Gasteiger partial charge in [0.1, 0.15) is 51.0 Å². The minimum absolute atomic E-state index is 0.0274. The van der Waals surface area contributed by atoms with E-state index in [1.165, 1.54) is 253 Å². The van der Waals surface area contributed by atoms with Crippen LogP contribution in [0.5, 0.6) is 23.0 Å². The van der Waals surface area contributed by atoms with E-state index in [9.17, 15) is 0 Å². The lowest BCUT2D eigenvalue weighted by atomic mass is 9.88. The third-order valence-corrected chi connectivity index (χ3v) is 26.7. The van der Waals surface area contributed by atoms with Crippen LogP contribution in [0, 0.1) is 13.8 Å². The smallest absolute Gasteiger partial charge is 0.136 e. The highest BCUT2D eigenvalue weighted by Gasteiger charge is 2.48. The number of nitrogens with zero attached hydrogens (tertiary/aromatic N) is 7. The molecular weight excluding hydrogens is 1230 g/mol. The van der Waals surface area contributed by atoms with Gasteiger partial charge in [0.2, 0.25) is 0 Å². The number of aryl methyl sites for hydroxylation is 2. The van der Waals surface area contributed by atoms with Crippen molar-refractivity contribution in [2.24, 2.45) is 0 Å². The molecule has 0 N–H and O–H groups in total. The van der Waals surface area contributed by atoms with Crippen molar-refractivity contribution in [2.45, 2.75) is 234 Å². The van der Waals surface area contributed by atoms with Crippen molar-refractivity contribution in [1.29, 1.82) is 0 Å². The maximum Gasteiger partial charge on any atom is 0.136 e. The first-order valence-corrected chi connectivity index (χ1v) is 39.5. The number of pyridine rings is 1. The van der Waals surface area contributed by atoms with Gasteiger partial charge in [-0.15, -0.1) is 0 Å². The van der Waals surface area contributed by atoms with Crippen molar-refractivity contribution in [2.75, 3.05) is 58.9 Å². The van der Waals surface area contributed by atoms with E-state index in [0.29, 0.717) is 0 Å². The highest BCUT2D eigenvalue weighted by Crippen LogP contribution is 2.49. The van der Waals surface area contributed by atoms with Crippen LogP contribution in [-0.4, -0.2) is 139 Å². The molecule has 13 aliphatic heterocycles. The van der Waals surface area contributed by atoms with Gasteiger partial charge < -0.3 is 42.9 Å². The van der Waals surface area contributed by atoms with Crippen LogP contribution in [0.1, 0.15) is 178 Å². The van der Waals surface area contributed by atoms with Gasteiger partial charge in [-0.05, 0) is 259 Å². The number of fused-ring (bicyclic) bond motifs is 10. The van der Waals surface area contributed by atoms with E-state index in [1.54, 1.807) is 0 Å². The Labute approximate surface area is 595 Å². The van der Waals surface area contributed by atoms with Crippen molar-refractivity contribution in [1.82, 2.24) is 33.9 Å². The van der Waals surface area contributed by atoms with E-state index in [4.69, 9.17) is 18.9 Å². The third-order valence-electron chi connectivity index (χ3n) is 26.7. The molecule has 4 spiro atoms. The van der Waals surface area contributed by atoms with Crippen LogP contribution in [0.3, 0.4) is 0 Å². The van der Waals surface area contributed by atoms with E-state index in [2.05, 4.69) is 187 Å². The van der Waals surface area contributed by atoms with E-state index < -0.39 is 0 Å². The Morgan fingerprint density at radius 3 is 1.33 bits per heavy atom. The molecule has 0 radical (unpaired) electrons. The Kier molecular flexibility index (Phi) is 17.8. The molecule has 0 amide bonds. The third kappa shape index (κ3) is 13.5. The molecule has 100 heavy (non-hydrogen) atoms. The SMILES string of the molecule is Cc1ccc(-c2ccc3c(c2)CC2(CCC4CCCN4CC2)O3)cc1.Cc1ccc2c(c1)CC1(CCC3CCCN3CC1)O2.c1ccc2c(c1)CCN(Cc1ccc3c(c1)CC1(CCC4CCCN4CC1)O3)C2.c1cn2cc(-c3ccc4c(c3)CC3(CCC5CCCN5CC3)O4)ccc2n1. The number of ether oxygens (including phenoxy) is 4. The van der Waals surface area contributed by atoms with Crippen LogP contribution in [0.15, 0.2) is 152 Å². The van der Waals surface area contributed by atoms with E-state index >= 15 is 0 Å². The van der Waals surface area contributed by atoms with Gasteiger partial charge in [-0.3, -0.25) is 4.90 Å². The summed E-state index contributed by atoms with van der Waals surface area (Å²) in [7, 11) is 0. The second kappa shape index (κ2) is 27.3. The minimum atomic E-state index is 0.0274. The highest BCUT2D eigenvalue weighted by atomic mass is 16.5. The van der Waals surface area contributed by atoms with Crippen LogP contribution in [-0.2, 0) is 45.2 Å². The Morgan fingerprint density at radius 2 is 0.810 bits per heavy atom. The number of imidazole rings is 1. The summed E-state index contributed by atoms with van der Waals surface area (Å²) in [6.45, 7) is 17.7. The molecule has 0 bridgehead atoms. The van der Waals surface area contributed by atoms with Crippen molar-refractivity contribution < 1.29 is 18.9 Å². The molecule has 6 aromatic carbocycles. The van der Waals surface area contributed by atoms with Crippen LogP contribution < -0.4 is 18.9 Å². The van der Waals surface area contributed by atoms with Gasteiger partial charge in [-0.2, -0.15) is 0 Å². The Bertz CT molecular complexity index is 4200. The average molecular weight is 1340 g/mol. The molecule has 0 aliphatic carbocycles. The molecule has 8 saturated heterocycles. The van der Waals surface area contributed by atoms with Crippen LogP contribution in [0.25, 0.3) is 27.9 Å². The average Bonchev–Trinajstić information content (AvgIpc) is 1.64. The summed E-state index contributed by atoms with van der Waals surface area (Å²) in [5.74, 6) is 4.52. The van der Waals surface area contributed by atoms with Gasteiger partial charge in [-0.25, -0.2) is 4.98 Å². The fourth-order valence-electron chi connectivity index (χ4n) is 20.9. The summed E-state index contributed by atoms with van der Waals surface area (Å²) < 4.78 is 28.3. The molecule has 11 heteroatoms. The lowest BCUT2D eigenvalue weighted by Gasteiger charge is -2.28. The van der Waals surface area contributed by atoms with Gasteiger partial charge in [0.25, 0.3) is 0 Å². The predicted octanol–water partition coefficient (Wildman–Crippen LogP) is 17.2. The first kappa shape index (κ1) is 65.1. The monoisotopic (exact) mass is 1340 g/mol. The summed E-state index contributed by atoms with van der Waals surface area (Å²) in [6, 6.07) is 52.4. The fraction of sp³-hybridized carbons (Fsp3) is 0.517. The molecule has 8 unspecified atom stereocenters. The van der Waals surface area contributed by atoms with Crippen molar-refractivity contribution >= 4 is 5.65 Å². The standard InChI is InChI=1S/C26H32N2O.C23H25N3O.C23H27NO.C17H23NO/c1-2-5-22-19-27(14-10-21(22)4-1)18-20-7-8-25-23(16-20)17-26(29-25)11-9-24-6-3-13-28(24)15-12-26;1-2-20-7-8-23(9-12-25(20)11-1)15-19-14-17(3-5-21(19)27-23)18-4-6-22-24-10-13-26(22)16-18;1-17-4-6-18(7-5-17)19-8-9-22-20(15-19)16-23(25-22)11-10-21-3-2-13-24(21)14-12-23;1-13-4-5-16-14(11-13)12-17(19-16)7-6-15-3-2-9-18(15)10-8-17/h1-2,4-5,7-8,16,24H,3,6,9-15,17-19H2;3-6,10,13-14,16,20H,1-2,7-9,11-12,15H2;4-9,15,21H,2-3,10-14,16H2,1H3;4-5,11,15H,2-3,6-10,12H2,1H3. The fourth-order valence-corrected chi connectivity index (χ4v) is 20.9. The molecular formula is C89H107N7O4. The summed E-state index contributed by atoms with van der Waals surface area (Å²) in [5.41, 5.74) is 19.1. The van der Waals surface area contributed by atoms with Crippen molar-refractivity contribution in [3.63, 3.8) is 0 Å². The van der Waals surface area contributed by atoms with Crippen molar-refractivity contribution in [3.05, 3.63) is 202 Å². The Morgan fingerprint density at radius 1 is 0.380 bits per heavy atom. The number of hydrogen-bond acceptors (Lipinski definition) is 10. The maximum absolute atomic E-state index is 6.63. The normalized spacial score (nSPS) is 29.4. The van der Waals surface area contributed by atoms with Crippen LogP contribution in [0.4, 0.5) is 0 Å². The largest absolute Gasteiger partial charge is 0.487 e. The second-order valence-corrected chi connectivity index (χ2v) is 33.2. The molecule has 8 fully saturated rings. The summed E-state index contributed by atoms with van der Waals surface area (Å²) in [5, 5.41) is 0. The zero-order valence-electron chi connectivity index (χ0n) is 60.0. The number of benzene rings is 6. The zero-order chi connectivity index (χ0) is 66.8. The van der Waals surface area contributed by atoms with Gasteiger partial charge in [-0.1, -0.05) is 96.1 Å². The van der Waals surface area contributed by atoms with Crippen LogP contribution >= 0.6 is 0 Å². The lowest BCUT2D eigenvalue weighted by molar-refractivity contribution is 0.0768. The van der Waals surface area contributed by atoms with Crippen molar-refractivity contribution in [3.8, 4) is 45.3 Å². The quantitative estimate of drug-likeness (QED) is 0.170. The van der Waals surface area contributed by atoms with Gasteiger partial charge in [0.05, 0.1) is 0 Å². The minimum Gasteiger partial charge on any atom is -0.487 e. The zero-order valence-corrected chi connectivity index (χ0v) is 60.0. The summed E-state index contributed by atoms with van der Waals surface area (Å²) >= 11 is 0. The number of hydrogen-bond donors (Lipinski definition) is 0. The molecule has 8 atom stereocenters. The summed E-state index contributed by atoms with van der Waals surface area (Å²) in [6.07, 6.45) is 37.5. The van der Waals surface area contributed by atoms with Crippen LogP contribution in [0.2, 0.25) is 0 Å². The molecule has 15 heterocycles. The van der Waals surface area contributed by atoms with Gasteiger partial charge in [0.15, 0.2) is 0 Å². The number of rotatable bonds is 4. The highest BCUT2D eigenvalue weighted by molar-refractivity contribution is 5.68. The van der Waals surface area contributed by atoms with Gasteiger partial charge >= 0.3 is 0 Å². The van der Waals surface area contributed by atoms with Gasteiger partial charge in [0, 0.05) is 140 Å². The predicted molar refractivity (Wildman–Crippen MR) is 401 cm³/mol. The first-order valence-electron chi connectivity index (χ1n) is 39.5. The van der Waals surface area contributed by atoms with E-state index in [0.717, 1.165) is 105 Å². The number of aromatic nitrogens is 2. The molecule has 11 nitrogen and oxygen atoms in total. The first-order chi connectivity index (χ1) is 49.0.